The number of hydrogen-bond donors (Lipinski definition) is 2. The fourth-order valence-corrected chi connectivity index (χ4v) is 2.47. The number of halogens is 1. The molecule has 3 rings (SSSR count). The Labute approximate surface area is 157 Å². The Morgan fingerprint density at radius 2 is 1.85 bits per heavy atom. The second-order valence-corrected chi connectivity index (χ2v) is 5.80. The van der Waals surface area contributed by atoms with Crippen molar-refractivity contribution in [3.63, 3.8) is 0 Å². The lowest BCUT2D eigenvalue weighted by atomic mass is 10.2. The van der Waals surface area contributed by atoms with Gasteiger partial charge in [0, 0.05) is 12.7 Å². The molecule has 5 nitrogen and oxygen atoms in total. The highest BCUT2D eigenvalue weighted by atomic mass is 19.1. The van der Waals surface area contributed by atoms with Crippen molar-refractivity contribution >= 4 is 17.4 Å². The molecule has 0 bridgehead atoms. The molecule has 138 valence electrons. The van der Waals surface area contributed by atoms with E-state index in [0.717, 1.165) is 5.56 Å². The van der Waals surface area contributed by atoms with Gasteiger partial charge in [-0.15, -0.1) is 0 Å². The van der Waals surface area contributed by atoms with Crippen molar-refractivity contribution in [2.45, 2.75) is 13.5 Å². The molecule has 0 saturated carbocycles. The number of ether oxygens (including phenoxy) is 1. The molecule has 1 aromatic heterocycles. The molecule has 0 fully saturated rings. The van der Waals surface area contributed by atoms with Crippen molar-refractivity contribution in [2.75, 3.05) is 17.2 Å². The first-order chi connectivity index (χ1) is 13.2. The zero-order chi connectivity index (χ0) is 19.1. The van der Waals surface area contributed by atoms with Crippen LogP contribution in [0.2, 0.25) is 0 Å². The first-order valence-electron chi connectivity index (χ1n) is 8.63. The Bertz CT molecular complexity index is 896. The van der Waals surface area contributed by atoms with Gasteiger partial charge in [0.1, 0.15) is 17.4 Å². The average molecular weight is 365 g/mol. The molecule has 1 amide bonds. The van der Waals surface area contributed by atoms with Crippen LogP contribution in [0.3, 0.4) is 0 Å². The van der Waals surface area contributed by atoms with Crippen LogP contribution in [-0.4, -0.2) is 17.5 Å². The van der Waals surface area contributed by atoms with Crippen LogP contribution in [0.25, 0.3) is 0 Å². The van der Waals surface area contributed by atoms with Gasteiger partial charge < -0.3 is 15.4 Å². The topological polar surface area (TPSA) is 63.2 Å². The number of hydrogen-bond acceptors (Lipinski definition) is 4. The van der Waals surface area contributed by atoms with Gasteiger partial charge in [-0.3, -0.25) is 4.79 Å². The minimum absolute atomic E-state index is 0.264. The predicted octanol–water partition coefficient (Wildman–Crippen LogP) is 4.48. The van der Waals surface area contributed by atoms with Gasteiger partial charge in [-0.05, 0) is 48.9 Å². The second kappa shape index (κ2) is 8.80. The van der Waals surface area contributed by atoms with E-state index in [4.69, 9.17) is 4.74 Å². The molecule has 0 aliphatic carbocycles. The number of para-hydroxylation sites is 2. The summed E-state index contributed by atoms with van der Waals surface area (Å²) in [5, 5.41) is 5.97. The molecule has 6 heteroatoms. The fourth-order valence-electron chi connectivity index (χ4n) is 2.47. The number of pyridine rings is 1. The maximum absolute atomic E-state index is 12.9. The molecule has 2 aromatic carbocycles. The maximum atomic E-state index is 12.9. The average Bonchev–Trinajstić information content (AvgIpc) is 2.69. The minimum Gasteiger partial charge on any atom is -0.492 e. The molecule has 0 saturated heterocycles. The predicted molar refractivity (Wildman–Crippen MR) is 104 cm³/mol. The smallest absolute Gasteiger partial charge is 0.257 e. The molecule has 2 N–H and O–H groups in total. The molecule has 0 aliphatic rings. The number of benzene rings is 2. The zero-order valence-electron chi connectivity index (χ0n) is 14.9. The third-order valence-corrected chi connectivity index (χ3v) is 3.85. The van der Waals surface area contributed by atoms with E-state index in [1.807, 2.05) is 19.1 Å². The fraction of sp³-hybridized carbons (Fsp3) is 0.143. The van der Waals surface area contributed by atoms with Crippen LogP contribution in [0, 0.1) is 5.82 Å². The summed E-state index contributed by atoms with van der Waals surface area (Å²) in [6.45, 7) is 2.92. The van der Waals surface area contributed by atoms with E-state index in [0.29, 0.717) is 36.0 Å². The van der Waals surface area contributed by atoms with E-state index in [9.17, 15) is 9.18 Å². The van der Waals surface area contributed by atoms with Gasteiger partial charge in [-0.1, -0.05) is 24.3 Å². The molecule has 0 unspecified atom stereocenters. The number of carbonyl (C=O) groups is 1. The molecular formula is C21H20FN3O2. The van der Waals surface area contributed by atoms with Gasteiger partial charge in [0.15, 0.2) is 0 Å². The molecule has 0 atom stereocenters. The molecular weight excluding hydrogens is 345 g/mol. The van der Waals surface area contributed by atoms with Gasteiger partial charge in [0.2, 0.25) is 0 Å². The zero-order valence-corrected chi connectivity index (χ0v) is 14.9. The van der Waals surface area contributed by atoms with E-state index in [1.54, 1.807) is 36.4 Å². The second-order valence-electron chi connectivity index (χ2n) is 5.80. The van der Waals surface area contributed by atoms with Crippen LogP contribution in [0.4, 0.5) is 15.9 Å². The van der Waals surface area contributed by atoms with Gasteiger partial charge in [0.05, 0.1) is 17.9 Å². The Kier molecular flexibility index (Phi) is 5.99. The highest BCUT2D eigenvalue weighted by molar-refractivity contribution is 6.04. The van der Waals surface area contributed by atoms with Gasteiger partial charge in [0.25, 0.3) is 5.91 Å². The quantitative estimate of drug-likeness (QED) is 0.648. The summed E-state index contributed by atoms with van der Waals surface area (Å²) in [4.78, 5) is 16.7. The number of aromatic nitrogens is 1. The van der Waals surface area contributed by atoms with Crippen LogP contribution in [0.15, 0.2) is 66.9 Å². The number of rotatable bonds is 7. The monoisotopic (exact) mass is 365 g/mol. The molecule has 0 radical (unpaired) electrons. The van der Waals surface area contributed by atoms with Crippen LogP contribution < -0.4 is 15.4 Å². The highest BCUT2D eigenvalue weighted by Crippen LogP contribution is 2.24. The Morgan fingerprint density at radius 1 is 1.07 bits per heavy atom. The SMILES string of the molecule is CCOc1ccccc1NC(=O)c1ccc(NCc2ccc(F)cc2)nc1. The lowest BCUT2D eigenvalue weighted by Gasteiger charge is -2.11. The van der Waals surface area contributed by atoms with Crippen molar-refractivity contribution < 1.29 is 13.9 Å². The van der Waals surface area contributed by atoms with Crippen LogP contribution >= 0.6 is 0 Å². The largest absolute Gasteiger partial charge is 0.492 e. The number of anilines is 2. The van der Waals surface area contributed by atoms with Crippen LogP contribution in [-0.2, 0) is 6.54 Å². The summed E-state index contributed by atoms with van der Waals surface area (Å²) < 4.78 is 18.4. The van der Waals surface area contributed by atoms with Crippen molar-refractivity contribution in [3.05, 3.63) is 83.8 Å². The van der Waals surface area contributed by atoms with Crippen molar-refractivity contribution in [1.29, 1.82) is 0 Å². The molecule has 0 aliphatic heterocycles. The lowest BCUT2D eigenvalue weighted by Crippen LogP contribution is -2.13. The molecule has 1 heterocycles. The van der Waals surface area contributed by atoms with E-state index < -0.39 is 0 Å². The van der Waals surface area contributed by atoms with E-state index in [2.05, 4.69) is 15.6 Å². The first-order valence-corrected chi connectivity index (χ1v) is 8.63. The van der Waals surface area contributed by atoms with E-state index in [1.165, 1.54) is 18.3 Å². The Hall–Kier alpha value is -3.41. The molecule has 3 aromatic rings. The number of nitrogens with zero attached hydrogens (tertiary/aromatic N) is 1. The summed E-state index contributed by atoms with van der Waals surface area (Å²) in [5.41, 5.74) is 1.99. The normalized spacial score (nSPS) is 10.3. The van der Waals surface area contributed by atoms with E-state index in [-0.39, 0.29) is 11.7 Å². The summed E-state index contributed by atoms with van der Waals surface area (Å²) in [7, 11) is 0. The maximum Gasteiger partial charge on any atom is 0.257 e. The van der Waals surface area contributed by atoms with E-state index >= 15 is 0 Å². The summed E-state index contributed by atoms with van der Waals surface area (Å²) in [6, 6.07) is 16.9. The third-order valence-electron chi connectivity index (χ3n) is 3.85. The van der Waals surface area contributed by atoms with Crippen molar-refractivity contribution in [1.82, 2.24) is 4.98 Å². The number of carbonyl (C=O) groups excluding carboxylic acids is 1. The Balaban J connectivity index is 1.61. The lowest BCUT2D eigenvalue weighted by molar-refractivity contribution is 0.102. The minimum atomic E-state index is -0.266. The van der Waals surface area contributed by atoms with Crippen LogP contribution in [0.5, 0.6) is 5.75 Å². The van der Waals surface area contributed by atoms with Gasteiger partial charge >= 0.3 is 0 Å². The van der Waals surface area contributed by atoms with Gasteiger partial charge in [-0.2, -0.15) is 0 Å². The Morgan fingerprint density at radius 3 is 2.56 bits per heavy atom. The van der Waals surface area contributed by atoms with Crippen molar-refractivity contribution in [3.8, 4) is 5.75 Å². The molecule has 27 heavy (non-hydrogen) atoms. The third kappa shape index (κ3) is 5.04. The number of nitrogens with one attached hydrogen (secondary N) is 2. The summed E-state index contributed by atoms with van der Waals surface area (Å²) >= 11 is 0. The van der Waals surface area contributed by atoms with Gasteiger partial charge in [-0.25, -0.2) is 9.37 Å². The number of amides is 1. The van der Waals surface area contributed by atoms with Crippen LogP contribution in [0.1, 0.15) is 22.8 Å². The van der Waals surface area contributed by atoms with Crippen molar-refractivity contribution in [2.24, 2.45) is 0 Å². The molecule has 0 spiro atoms. The highest BCUT2D eigenvalue weighted by Gasteiger charge is 2.10. The first kappa shape index (κ1) is 18.4. The standard InChI is InChI=1S/C21H20FN3O2/c1-2-27-19-6-4-3-5-18(19)25-21(26)16-9-12-20(24-14-16)23-13-15-7-10-17(22)11-8-15/h3-12,14H,2,13H2,1H3,(H,23,24)(H,25,26). The summed E-state index contributed by atoms with van der Waals surface area (Å²) in [6.07, 6.45) is 1.51. The summed E-state index contributed by atoms with van der Waals surface area (Å²) in [5.74, 6) is 0.724.